The highest BCUT2D eigenvalue weighted by atomic mass is 79.9. The molecule has 2 aromatic rings. The van der Waals surface area contributed by atoms with Gasteiger partial charge in [-0.25, -0.2) is 9.97 Å². The smallest absolute Gasteiger partial charge is 0.271 e. The van der Waals surface area contributed by atoms with Crippen LogP contribution in [-0.2, 0) is 6.54 Å². The fourth-order valence-electron chi connectivity index (χ4n) is 1.13. The van der Waals surface area contributed by atoms with Crippen molar-refractivity contribution in [3.05, 3.63) is 45.1 Å². The third-order valence-electron chi connectivity index (χ3n) is 1.89. The van der Waals surface area contributed by atoms with Gasteiger partial charge in [0.1, 0.15) is 5.69 Å². The van der Waals surface area contributed by atoms with Gasteiger partial charge in [0.25, 0.3) is 5.91 Å². The molecule has 1 N–H and O–H groups in total. The van der Waals surface area contributed by atoms with Gasteiger partial charge in [0.05, 0.1) is 17.7 Å². The molecule has 4 nitrogen and oxygen atoms in total. The molecule has 0 aliphatic rings. The number of pyridine rings is 1. The largest absolute Gasteiger partial charge is 0.345 e. The van der Waals surface area contributed by atoms with Crippen LogP contribution in [0.2, 0.25) is 0 Å². The van der Waals surface area contributed by atoms with Crippen LogP contribution >= 0.6 is 27.3 Å². The topological polar surface area (TPSA) is 54.9 Å². The molecule has 0 unspecified atom stereocenters. The summed E-state index contributed by atoms with van der Waals surface area (Å²) in [6.07, 6.45) is 1.59. The number of halogens is 1. The van der Waals surface area contributed by atoms with Gasteiger partial charge in [-0.1, -0.05) is 0 Å². The minimum atomic E-state index is -0.208. The van der Waals surface area contributed by atoms with E-state index in [0.29, 0.717) is 16.7 Å². The summed E-state index contributed by atoms with van der Waals surface area (Å²) in [5, 5.41) is 4.65. The molecule has 16 heavy (non-hydrogen) atoms. The van der Waals surface area contributed by atoms with Crippen LogP contribution in [0.1, 0.15) is 16.2 Å². The van der Waals surface area contributed by atoms with E-state index in [1.54, 1.807) is 23.8 Å². The Balaban J connectivity index is 2.01. The van der Waals surface area contributed by atoms with E-state index in [4.69, 9.17) is 0 Å². The number of thiazole rings is 1. The third kappa shape index (κ3) is 2.65. The lowest BCUT2D eigenvalue weighted by molar-refractivity contribution is 0.0944. The Hall–Kier alpha value is -1.27. The highest BCUT2D eigenvalue weighted by molar-refractivity contribution is 9.10. The van der Waals surface area contributed by atoms with Crippen molar-refractivity contribution in [3.63, 3.8) is 0 Å². The predicted molar refractivity (Wildman–Crippen MR) is 65.2 cm³/mol. The number of hydrogen-bond acceptors (Lipinski definition) is 4. The van der Waals surface area contributed by atoms with Crippen molar-refractivity contribution in [3.8, 4) is 0 Å². The molecule has 82 valence electrons. The highest BCUT2D eigenvalue weighted by Crippen LogP contribution is 2.13. The van der Waals surface area contributed by atoms with Crippen LogP contribution in [0.5, 0.6) is 0 Å². The molecule has 2 rings (SSSR count). The summed E-state index contributed by atoms with van der Waals surface area (Å²) in [4.78, 5) is 19.8. The zero-order chi connectivity index (χ0) is 11.4. The lowest BCUT2D eigenvalue weighted by Crippen LogP contribution is -2.24. The van der Waals surface area contributed by atoms with Gasteiger partial charge in [-0.15, -0.1) is 11.3 Å². The molecule has 2 heterocycles. The Morgan fingerprint density at radius 2 is 2.38 bits per heavy atom. The summed E-state index contributed by atoms with van der Waals surface area (Å²) in [7, 11) is 0. The molecule has 1 amide bonds. The molecule has 0 radical (unpaired) electrons. The quantitative estimate of drug-likeness (QED) is 0.945. The summed E-state index contributed by atoms with van der Waals surface area (Å²) in [6.45, 7) is 0.422. The first-order chi connectivity index (χ1) is 7.77. The van der Waals surface area contributed by atoms with Gasteiger partial charge in [0.2, 0.25) is 0 Å². The van der Waals surface area contributed by atoms with Crippen LogP contribution in [-0.4, -0.2) is 15.9 Å². The molecule has 0 aromatic carbocycles. The van der Waals surface area contributed by atoms with Crippen molar-refractivity contribution in [2.45, 2.75) is 6.54 Å². The normalized spacial score (nSPS) is 10.1. The van der Waals surface area contributed by atoms with Crippen LogP contribution in [0, 0.1) is 0 Å². The number of carbonyl (C=O) groups excluding carboxylic acids is 1. The molecule has 0 saturated heterocycles. The average Bonchev–Trinajstić information content (AvgIpc) is 2.79. The van der Waals surface area contributed by atoms with Gasteiger partial charge in [-0.2, -0.15) is 0 Å². The average molecular weight is 298 g/mol. The summed E-state index contributed by atoms with van der Waals surface area (Å²) < 4.78 is 0.686. The first-order valence-electron chi connectivity index (χ1n) is 4.53. The zero-order valence-corrected chi connectivity index (χ0v) is 10.6. The Kier molecular flexibility index (Phi) is 3.63. The number of rotatable bonds is 3. The minimum absolute atomic E-state index is 0.208. The second kappa shape index (κ2) is 5.18. The Morgan fingerprint density at radius 1 is 1.50 bits per heavy atom. The van der Waals surface area contributed by atoms with E-state index >= 15 is 0 Å². The SMILES string of the molecule is O=C(NCc1cscn1)c1ncccc1Br. The van der Waals surface area contributed by atoms with Gasteiger partial charge < -0.3 is 5.32 Å². The maximum atomic E-state index is 11.7. The predicted octanol–water partition coefficient (Wildman–Crippen LogP) is 2.23. The molecular formula is C10H8BrN3OS. The van der Waals surface area contributed by atoms with Crippen LogP contribution in [0.3, 0.4) is 0 Å². The van der Waals surface area contributed by atoms with Crippen LogP contribution in [0.15, 0.2) is 33.7 Å². The molecule has 0 atom stereocenters. The summed E-state index contributed by atoms with van der Waals surface area (Å²) in [5.41, 5.74) is 2.97. The molecule has 0 spiro atoms. The molecule has 0 saturated carbocycles. The van der Waals surface area contributed by atoms with Crippen molar-refractivity contribution in [2.75, 3.05) is 0 Å². The van der Waals surface area contributed by atoms with Crippen molar-refractivity contribution >= 4 is 33.2 Å². The van der Waals surface area contributed by atoms with E-state index in [-0.39, 0.29) is 5.91 Å². The van der Waals surface area contributed by atoms with Gasteiger partial charge in [-0.3, -0.25) is 4.79 Å². The monoisotopic (exact) mass is 297 g/mol. The van der Waals surface area contributed by atoms with Gasteiger partial charge in [0, 0.05) is 16.0 Å². The third-order valence-corrected chi connectivity index (χ3v) is 3.16. The first kappa shape index (κ1) is 11.2. The van der Waals surface area contributed by atoms with E-state index in [0.717, 1.165) is 5.69 Å². The molecule has 0 aliphatic heterocycles. The molecule has 2 aromatic heterocycles. The minimum Gasteiger partial charge on any atom is -0.345 e. The van der Waals surface area contributed by atoms with Crippen molar-refractivity contribution in [2.24, 2.45) is 0 Å². The standard InChI is InChI=1S/C10H8BrN3OS/c11-8-2-1-3-12-9(8)10(15)13-4-7-5-16-6-14-7/h1-3,5-6H,4H2,(H,13,15). The Morgan fingerprint density at radius 3 is 3.06 bits per heavy atom. The van der Waals surface area contributed by atoms with Gasteiger partial charge >= 0.3 is 0 Å². The number of nitrogens with one attached hydrogen (secondary N) is 1. The molecule has 0 aliphatic carbocycles. The van der Waals surface area contributed by atoms with Crippen LogP contribution in [0.25, 0.3) is 0 Å². The van der Waals surface area contributed by atoms with Gasteiger partial charge in [0.15, 0.2) is 0 Å². The number of hydrogen-bond donors (Lipinski definition) is 1. The van der Waals surface area contributed by atoms with E-state index in [1.807, 2.05) is 5.38 Å². The molecule has 0 bridgehead atoms. The van der Waals surface area contributed by atoms with Gasteiger partial charge in [-0.05, 0) is 28.1 Å². The maximum absolute atomic E-state index is 11.7. The van der Waals surface area contributed by atoms with E-state index < -0.39 is 0 Å². The van der Waals surface area contributed by atoms with Crippen molar-refractivity contribution in [1.82, 2.24) is 15.3 Å². The second-order valence-corrected chi connectivity index (χ2v) is 4.57. The Labute approximate surface area is 105 Å². The lowest BCUT2D eigenvalue weighted by atomic mass is 10.3. The van der Waals surface area contributed by atoms with Crippen LogP contribution in [0.4, 0.5) is 0 Å². The zero-order valence-electron chi connectivity index (χ0n) is 8.18. The maximum Gasteiger partial charge on any atom is 0.271 e. The van der Waals surface area contributed by atoms with Crippen LogP contribution < -0.4 is 5.32 Å². The summed E-state index contributed by atoms with van der Waals surface area (Å²) >= 11 is 4.78. The number of aromatic nitrogens is 2. The first-order valence-corrected chi connectivity index (χ1v) is 6.27. The van der Waals surface area contributed by atoms with E-state index in [1.165, 1.54) is 11.3 Å². The summed E-state index contributed by atoms with van der Waals surface area (Å²) in [6, 6.07) is 3.55. The molecular weight excluding hydrogens is 290 g/mol. The van der Waals surface area contributed by atoms with Crippen molar-refractivity contribution < 1.29 is 4.79 Å². The number of carbonyl (C=O) groups is 1. The van der Waals surface area contributed by atoms with E-state index in [2.05, 4.69) is 31.2 Å². The van der Waals surface area contributed by atoms with E-state index in [9.17, 15) is 4.79 Å². The van der Waals surface area contributed by atoms with Crippen molar-refractivity contribution in [1.29, 1.82) is 0 Å². The second-order valence-electron chi connectivity index (χ2n) is 3.00. The fourth-order valence-corrected chi connectivity index (χ4v) is 2.13. The lowest BCUT2D eigenvalue weighted by Gasteiger charge is -2.03. The fraction of sp³-hybridized carbons (Fsp3) is 0.100. The number of nitrogens with zero attached hydrogens (tertiary/aromatic N) is 2. The highest BCUT2D eigenvalue weighted by Gasteiger charge is 2.10. The summed E-state index contributed by atoms with van der Waals surface area (Å²) in [5.74, 6) is -0.208. The molecule has 0 fully saturated rings. The number of amides is 1. The molecule has 6 heteroatoms. The Bertz CT molecular complexity index is 487.